The Morgan fingerprint density at radius 2 is 2.00 bits per heavy atom. The van der Waals surface area contributed by atoms with E-state index in [1.165, 1.54) is 23.3 Å². The van der Waals surface area contributed by atoms with Crippen molar-refractivity contribution in [3.05, 3.63) is 52.5 Å². The van der Waals surface area contributed by atoms with E-state index in [1.54, 1.807) is 31.2 Å². The fourth-order valence-corrected chi connectivity index (χ4v) is 6.21. The summed E-state index contributed by atoms with van der Waals surface area (Å²) in [5.41, 5.74) is -0.299. The van der Waals surface area contributed by atoms with Gasteiger partial charge in [0.15, 0.2) is 23.0 Å². The highest BCUT2D eigenvalue weighted by Gasteiger charge is 2.36. The SMILES string of the molecule is CCOP1(=O)N=C(c2c(O)c(-c3ccco3)nn(CCC(C)(C)C)c2=O)Nc2ccc(NS(C)(O)O)cc21. The molecule has 1 unspecified atom stereocenters. The highest BCUT2D eigenvalue weighted by molar-refractivity contribution is 8.24. The predicted octanol–water partition coefficient (Wildman–Crippen LogP) is 5.08. The Hall–Kier alpha value is -3.09. The van der Waals surface area contributed by atoms with Crippen molar-refractivity contribution in [1.29, 1.82) is 0 Å². The van der Waals surface area contributed by atoms with Gasteiger partial charge in [0, 0.05) is 12.8 Å². The van der Waals surface area contributed by atoms with E-state index in [0.717, 1.165) is 0 Å². The molecule has 1 aromatic carbocycles. The minimum Gasteiger partial charge on any atom is -0.505 e. The predicted molar refractivity (Wildman–Crippen MR) is 150 cm³/mol. The number of aromatic hydroxyl groups is 1. The molecule has 1 atom stereocenters. The molecular weight excluding hydrogens is 533 g/mol. The number of aryl methyl sites for hydroxylation is 1. The number of rotatable bonds is 8. The van der Waals surface area contributed by atoms with Crippen LogP contribution in [0, 0.1) is 5.41 Å². The molecule has 14 heteroatoms. The van der Waals surface area contributed by atoms with Crippen molar-refractivity contribution in [2.45, 2.75) is 40.7 Å². The molecule has 3 aromatic rings. The number of hydrogen-bond acceptors (Lipinski definition) is 10. The average Bonchev–Trinajstić information content (AvgIpc) is 3.32. The van der Waals surface area contributed by atoms with Crippen LogP contribution in [0.1, 0.15) is 39.7 Å². The third kappa shape index (κ3) is 5.97. The lowest BCUT2D eigenvalue weighted by Gasteiger charge is -2.30. The second kappa shape index (κ2) is 10.2. The molecule has 3 heterocycles. The maximum atomic E-state index is 14.0. The summed E-state index contributed by atoms with van der Waals surface area (Å²) in [4.78, 5) is 13.6. The van der Waals surface area contributed by atoms with Gasteiger partial charge >= 0.3 is 7.52 Å². The van der Waals surface area contributed by atoms with Gasteiger partial charge in [-0.25, -0.2) is 4.68 Å². The Morgan fingerprint density at radius 1 is 1.26 bits per heavy atom. The summed E-state index contributed by atoms with van der Waals surface area (Å²) in [6, 6.07) is 7.78. The normalized spacial score (nSPS) is 17.9. The summed E-state index contributed by atoms with van der Waals surface area (Å²) in [5, 5.41) is 18.7. The van der Waals surface area contributed by atoms with Crippen LogP contribution in [0.25, 0.3) is 11.5 Å². The lowest BCUT2D eigenvalue weighted by atomic mass is 9.92. The van der Waals surface area contributed by atoms with Crippen LogP contribution >= 0.6 is 18.3 Å². The zero-order valence-electron chi connectivity index (χ0n) is 21.8. The molecule has 0 saturated heterocycles. The first kappa shape index (κ1) is 27.9. The fourth-order valence-electron chi connectivity index (χ4n) is 3.83. The molecular formula is C24H32N5O7PS. The molecule has 0 fully saturated rings. The molecule has 1 aliphatic heterocycles. The lowest BCUT2D eigenvalue weighted by molar-refractivity contribution is 0.334. The van der Waals surface area contributed by atoms with Crippen molar-refractivity contribution >= 4 is 40.8 Å². The number of fused-ring (bicyclic) bond motifs is 1. The quantitative estimate of drug-likeness (QED) is 0.232. The number of aromatic nitrogens is 2. The van der Waals surface area contributed by atoms with E-state index >= 15 is 0 Å². The number of nitrogens with zero attached hydrogens (tertiary/aromatic N) is 3. The van der Waals surface area contributed by atoms with Crippen LogP contribution in [0.2, 0.25) is 0 Å². The van der Waals surface area contributed by atoms with Crippen LogP contribution in [-0.2, 0) is 15.6 Å². The van der Waals surface area contributed by atoms with E-state index in [-0.39, 0.29) is 46.7 Å². The highest BCUT2D eigenvalue weighted by Crippen LogP contribution is 2.53. The second-order valence-corrected chi connectivity index (χ2v) is 13.9. The number of benzene rings is 1. The highest BCUT2D eigenvalue weighted by atomic mass is 32.3. The Labute approximate surface area is 221 Å². The van der Waals surface area contributed by atoms with Gasteiger partial charge in [-0.3, -0.25) is 23.2 Å². The van der Waals surface area contributed by atoms with Crippen LogP contribution in [0.3, 0.4) is 0 Å². The Balaban J connectivity index is 1.89. The number of hydrogen-bond donors (Lipinski definition) is 5. The number of amidine groups is 1. The molecule has 0 amide bonds. The largest absolute Gasteiger partial charge is 0.505 e. The molecule has 5 N–H and O–H groups in total. The maximum absolute atomic E-state index is 14.0. The first-order valence-electron chi connectivity index (χ1n) is 11.9. The molecule has 0 aliphatic carbocycles. The van der Waals surface area contributed by atoms with Gasteiger partial charge in [0.2, 0.25) is 0 Å². The Kier molecular flexibility index (Phi) is 7.52. The maximum Gasteiger partial charge on any atom is 0.348 e. The van der Waals surface area contributed by atoms with E-state index in [2.05, 4.69) is 19.9 Å². The molecule has 206 valence electrons. The summed E-state index contributed by atoms with van der Waals surface area (Å²) in [6.45, 7) is 8.07. The van der Waals surface area contributed by atoms with Gasteiger partial charge < -0.3 is 19.4 Å². The first-order valence-corrected chi connectivity index (χ1v) is 15.4. The zero-order valence-corrected chi connectivity index (χ0v) is 23.5. The van der Waals surface area contributed by atoms with Crippen LogP contribution in [0.15, 0.2) is 50.6 Å². The molecule has 1 aliphatic rings. The van der Waals surface area contributed by atoms with Crippen LogP contribution in [0.5, 0.6) is 5.75 Å². The van der Waals surface area contributed by atoms with E-state index in [4.69, 9.17) is 8.94 Å². The lowest BCUT2D eigenvalue weighted by Crippen LogP contribution is -2.35. The summed E-state index contributed by atoms with van der Waals surface area (Å²) in [7, 11) is -7.06. The van der Waals surface area contributed by atoms with Crippen molar-refractivity contribution in [3.63, 3.8) is 0 Å². The summed E-state index contributed by atoms with van der Waals surface area (Å²) < 4.78 is 52.7. The minimum atomic E-state index is -3.96. The van der Waals surface area contributed by atoms with Gasteiger partial charge in [-0.1, -0.05) is 20.8 Å². The van der Waals surface area contributed by atoms with Gasteiger partial charge in [0.05, 0.1) is 29.5 Å². The summed E-state index contributed by atoms with van der Waals surface area (Å²) in [6.07, 6.45) is 3.26. The average molecular weight is 566 g/mol. The van der Waals surface area contributed by atoms with Gasteiger partial charge in [0.1, 0.15) is 5.56 Å². The molecule has 2 aromatic heterocycles. The van der Waals surface area contributed by atoms with Crippen molar-refractivity contribution in [2.75, 3.05) is 22.9 Å². The minimum absolute atomic E-state index is 0.0350. The van der Waals surface area contributed by atoms with Crippen LogP contribution in [0.4, 0.5) is 11.4 Å². The van der Waals surface area contributed by atoms with E-state index in [9.17, 15) is 23.6 Å². The van der Waals surface area contributed by atoms with Crippen LogP contribution in [-0.4, -0.2) is 42.7 Å². The second-order valence-electron chi connectivity index (χ2n) is 10.1. The zero-order chi connectivity index (χ0) is 27.9. The Bertz CT molecular complexity index is 1470. The van der Waals surface area contributed by atoms with Crippen molar-refractivity contribution in [2.24, 2.45) is 10.2 Å². The third-order valence-corrected chi connectivity index (χ3v) is 8.27. The number of anilines is 2. The molecule has 12 nitrogen and oxygen atoms in total. The molecule has 0 spiro atoms. The smallest absolute Gasteiger partial charge is 0.348 e. The van der Waals surface area contributed by atoms with Gasteiger partial charge in [-0.2, -0.15) is 9.86 Å². The monoisotopic (exact) mass is 565 g/mol. The van der Waals surface area contributed by atoms with Gasteiger partial charge in [-0.05, 0) is 49.1 Å². The topological polar surface area (TPSA) is 171 Å². The van der Waals surface area contributed by atoms with Gasteiger partial charge in [-0.15, -0.1) is 10.8 Å². The standard InChI is InChI=1S/C24H32N5O7PS/c1-6-36-37(32)18-14-15(28-38(5,33)34)9-10-16(18)25-22(27-37)19-21(30)20(17-8-7-13-35-17)26-29(23(19)31)12-11-24(2,3)4/h7-10,13-14,28,30,33-34H,6,11-12H2,1-5H3,(H,25,27,32). The molecule has 0 bridgehead atoms. The molecule has 38 heavy (non-hydrogen) atoms. The summed E-state index contributed by atoms with van der Waals surface area (Å²) >= 11 is 0. The molecule has 0 saturated carbocycles. The van der Waals surface area contributed by atoms with Gasteiger partial charge in [0.25, 0.3) is 5.56 Å². The van der Waals surface area contributed by atoms with Crippen molar-refractivity contribution < 1.29 is 27.7 Å². The molecule has 0 radical (unpaired) electrons. The van der Waals surface area contributed by atoms with Crippen molar-refractivity contribution in [1.82, 2.24) is 9.78 Å². The third-order valence-electron chi connectivity index (χ3n) is 5.60. The fraction of sp³-hybridized carbons (Fsp3) is 0.375. The number of furan rings is 1. The van der Waals surface area contributed by atoms with E-state index in [1.807, 2.05) is 20.8 Å². The number of nitrogens with one attached hydrogen (secondary N) is 2. The van der Waals surface area contributed by atoms with E-state index in [0.29, 0.717) is 17.8 Å². The molecule has 4 rings (SSSR count). The Morgan fingerprint density at radius 3 is 2.61 bits per heavy atom. The summed E-state index contributed by atoms with van der Waals surface area (Å²) in [5.74, 6) is -0.378. The van der Waals surface area contributed by atoms with Crippen LogP contribution < -0.4 is 20.9 Å². The van der Waals surface area contributed by atoms with Crippen molar-refractivity contribution in [3.8, 4) is 17.2 Å². The first-order chi connectivity index (χ1) is 17.7. The van der Waals surface area contributed by atoms with E-state index < -0.39 is 29.6 Å².